The predicted octanol–water partition coefficient (Wildman–Crippen LogP) is 2.23. The zero-order valence-electron chi connectivity index (χ0n) is 12.2. The highest BCUT2D eigenvalue weighted by atomic mass is 19.3. The fourth-order valence-corrected chi connectivity index (χ4v) is 1.79. The summed E-state index contributed by atoms with van der Waals surface area (Å²) in [4.78, 5) is 23.9. The number of carboxylic acid groups (broad SMARTS) is 1. The van der Waals surface area contributed by atoms with Gasteiger partial charge in [0.1, 0.15) is 0 Å². The molecule has 0 heterocycles. The lowest BCUT2D eigenvalue weighted by Gasteiger charge is -2.18. The average Bonchev–Trinajstić information content (AvgIpc) is 2.45. The molecule has 1 N–H and O–H groups in total. The van der Waals surface area contributed by atoms with Gasteiger partial charge in [-0.15, -0.1) is 0 Å². The van der Waals surface area contributed by atoms with E-state index in [1.807, 2.05) is 0 Å². The number of carboxylic acids is 1. The summed E-state index contributed by atoms with van der Waals surface area (Å²) in [6.07, 6.45) is 0.244. The van der Waals surface area contributed by atoms with Gasteiger partial charge < -0.3 is 19.5 Å². The third-order valence-corrected chi connectivity index (χ3v) is 2.86. The van der Waals surface area contributed by atoms with Crippen LogP contribution < -0.4 is 9.47 Å². The van der Waals surface area contributed by atoms with Crippen molar-refractivity contribution in [3.05, 3.63) is 23.8 Å². The average molecular weight is 317 g/mol. The van der Waals surface area contributed by atoms with E-state index in [0.717, 1.165) is 0 Å². The molecule has 0 spiro atoms. The molecule has 1 rings (SSSR count). The lowest BCUT2D eigenvalue weighted by molar-refractivity contribution is -0.137. The maximum atomic E-state index is 12.3. The molecule has 1 amide bonds. The summed E-state index contributed by atoms with van der Waals surface area (Å²) in [6, 6.07) is 3.95. The molecule has 1 aromatic rings. The van der Waals surface area contributed by atoms with Crippen LogP contribution in [0.5, 0.6) is 11.5 Å². The van der Waals surface area contributed by atoms with Crippen molar-refractivity contribution in [2.24, 2.45) is 0 Å². The van der Waals surface area contributed by atoms with E-state index in [4.69, 9.17) is 9.84 Å². The van der Waals surface area contributed by atoms with Gasteiger partial charge in [-0.1, -0.05) is 0 Å². The molecule has 8 heteroatoms. The number of amides is 1. The molecule has 0 atom stereocenters. The van der Waals surface area contributed by atoms with E-state index in [1.54, 1.807) is 0 Å². The van der Waals surface area contributed by atoms with E-state index in [-0.39, 0.29) is 30.0 Å². The highest BCUT2D eigenvalue weighted by Gasteiger charge is 2.17. The normalized spacial score (nSPS) is 10.4. The monoisotopic (exact) mass is 317 g/mol. The van der Waals surface area contributed by atoms with Crippen molar-refractivity contribution in [2.45, 2.75) is 19.5 Å². The first-order valence-electron chi connectivity index (χ1n) is 6.45. The summed E-state index contributed by atoms with van der Waals surface area (Å²) < 4.78 is 33.9. The number of benzene rings is 1. The number of hydrogen-bond acceptors (Lipinski definition) is 4. The standard InChI is InChI=1S/C14H17F2NO5/c1-17(7-3-4-12(18)19)13(20)9-5-6-10(21-2)11(8-9)22-14(15)16/h5-6,8,14H,3-4,7H2,1-2H3,(H,18,19). The Kier molecular flexibility index (Phi) is 6.55. The minimum atomic E-state index is -3.03. The molecule has 0 aromatic heterocycles. The quantitative estimate of drug-likeness (QED) is 0.796. The van der Waals surface area contributed by atoms with Crippen molar-refractivity contribution in [3.63, 3.8) is 0 Å². The summed E-state index contributed by atoms with van der Waals surface area (Å²) in [6.45, 7) is -2.80. The van der Waals surface area contributed by atoms with Crippen molar-refractivity contribution in [3.8, 4) is 11.5 Å². The zero-order chi connectivity index (χ0) is 16.7. The third kappa shape index (κ3) is 5.19. The van der Waals surface area contributed by atoms with Crippen LogP contribution in [0.15, 0.2) is 18.2 Å². The van der Waals surface area contributed by atoms with Crippen LogP contribution in [0, 0.1) is 0 Å². The Balaban J connectivity index is 2.82. The second-order valence-electron chi connectivity index (χ2n) is 4.47. The van der Waals surface area contributed by atoms with Crippen molar-refractivity contribution in [2.75, 3.05) is 20.7 Å². The lowest BCUT2D eigenvalue weighted by Crippen LogP contribution is -2.28. The fourth-order valence-electron chi connectivity index (χ4n) is 1.79. The van der Waals surface area contributed by atoms with Crippen LogP contribution in [0.25, 0.3) is 0 Å². The molecule has 6 nitrogen and oxygen atoms in total. The van der Waals surface area contributed by atoms with Gasteiger partial charge in [0.15, 0.2) is 11.5 Å². The highest BCUT2D eigenvalue weighted by molar-refractivity contribution is 5.94. The Bertz CT molecular complexity index is 536. The van der Waals surface area contributed by atoms with E-state index < -0.39 is 18.5 Å². The van der Waals surface area contributed by atoms with Gasteiger partial charge >= 0.3 is 12.6 Å². The van der Waals surface area contributed by atoms with Crippen LogP contribution >= 0.6 is 0 Å². The number of aliphatic carboxylic acids is 1. The highest BCUT2D eigenvalue weighted by Crippen LogP contribution is 2.29. The van der Waals surface area contributed by atoms with Crippen LogP contribution in [-0.4, -0.2) is 49.2 Å². The second-order valence-corrected chi connectivity index (χ2v) is 4.47. The zero-order valence-corrected chi connectivity index (χ0v) is 12.2. The summed E-state index contributed by atoms with van der Waals surface area (Å²) in [5.74, 6) is -1.52. The summed E-state index contributed by atoms with van der Waals surface area (Å²) in [5, 5.41) is 8.56. The van der Waals surface area contributed by atoms with E-state index in [9.17, 15) is 18.4 Å². The minimum Gasteiger partial charge on any atom is -0.493 e. The molecule has 122 valence electrons. The van der Waals surface area contributed by atoms with E-state index in [2.05, 4.69) is 4.74 Å². The third-order valence-electron chi connectivity index (χ3n) is 2.86. The molecule has 0 bridgehead atoms. The number of carbonyl (C=O) groups excluding carboxylic acids is 1. The minimum absolute atomic E-state index is 0.0556. The Labute approximate surface area is 126 Å². The van der Waals surface area contributed by atoms with Crippen molar-refractivity contribution < 1.29 is 33.0 Å². The maximum Gasteiger partial charge on any atom is 0.387 e. The number of halogens is 2. The van der Waals surface area contributed by atoms with Gasteiger partial charge in [-0.2, -0.15) is 8.78 Å². The molecule has 0 unspecified atom stereocenters. The summed E-state index contributed by atoms with van der Waals surface area (Å²) in [5.41, 5.74) is 0.147. The van der Waals surface area contributed by atoms with Gasteiger partial charge in [0.25, 0.3) is 5.91 Å². The van der Waals surface area contributed by atoms with E-state index in [0.29, 0.717) is 6.42 Å². The molecule has 1 aromatic carbocycles. The van der Waals surface area contributed by atoms with Gasteiger partial charge in [0.05, 0.1) is 7.11 Å². The molecule has 0 saturated carbocycles. The Morgan fingerprint density at radius 1 is 1.32 bits per heavy atom. The Hall–Kier alpha value is -2.38. The maximum absolute atomic E-state index is 12.3. The van der Waals surface area contributed by atoms with Crippen LogP contribution in [-0.2, 0) is 4.79 Å². The SMILES string of the molecule is COc1ccc(C(=O)N(C)CCCC(=O)O)cc1OC(F)F. The summed E-state index contributed by atoms with van der Waals surface area (Å²) >= 11 is 0. The van der Waals surface area contributed by atoms with Crippen LogP contribution in [0.1, 0.15) is 23.2 Å². The van der Waals surface area contributed by atoms with Crippen molar-refractivity contribution >= 4 is 11.9 Å². The molecular formula is C14H17F2NO5. The van der Waals surface area contributed by atoms with Gasteiger partial charge in [-0.05, 0) is 24.6 Å². The number of alkyl halides is 2. The molecule has 0 aliphatic heterocycles. The largest absolute Gasteiger partial charge is 0.493 e. The second kappa shape index (κ2) is 8.16. The first-order valence-corrected chi connectivity index (χ1v) is 6.45. The molecule has 22 heavy (non-hydrogen) atoms. The molecule has 0 fully saturated rings. The number of nitrogens with zero attached hydrogens (tertiary/aromatic N) is 1. The summed E-state index contributed by atoms with van der Waals surface area (Å²) in [7, 11) is 2.80. The van der Waals surface area contributed by atoms with Crippen molar-refractivity contribution in [1.29, 1.82) is 0 Å². The number of carbonyl (C=O) groups is 2. The first-order chi connectivity index (χ1) is 10.3. The molecular weight excluding hydrogens is 300 g/mol. The first kappa shape index (κ1) is 17.7. The van der Waals surface area contributed by atoms with Gasteiger partial charge in [-0.25, -0.2) is 0 Å². The smallest absolute Gasteiger partial charge is 0.387 e. The molecule has 0 aliphatic rings. The number of methoxy groups -OCH3 is 1. The predicted molar refractivity (Wildman–Crippen MR) is 73.5 cm³/mol. The number of ether oxygens (including phenoxy) is 2. The van der Waals surface area contributed by atoms with E-state index in [1.165, 1.54) is 37.3 Å². The molecule has 0 radical (unpaired) electrons. The fraction of sp³-hybridized carbons (Fsp3) is 0.429. The lowest BCUT2D eigenvalue weighted by atomic mass is 10.1. The number of hydrogen-bond donors (Lipinski definition) is 1. The molecule has 0 aliphatic carbocycles. The van der Waals surface area contributed by atoms with Crippen LogP contribution in [0.3, 0.4) is 0 Å². The number of rotatable bonds is 8. The topological polar surface area (TPSA) is 76.1 Å². The van der Waals surface area contributed by atoms with Gasteiger partial charge in [-0.3, -0.25) is 9.59 Å². The van der Waals surface area contributed by atoms with Gasteiger partial charge in [0, 0.05) is 25.6 Å². The van der Waals surface area contributed by atoms with Crippen LogP contribution in [0.4, 0.5) is 8.78 Å². The van der Waals surface area contributed by atoms with Crippen molar-refractivity contribution in [1.82, 2.24) is 4.90 Å². The van der Waals surface area contributed by atoms with Gasteiger partial charge in [0.2, 0.25) is 0 Å². The van der Waals surface area contributed by atoms with Crippen LogP contribution in [0.2, 0.25) is 0 Å². The van der Waals surface area contributed by atoms with E-state index >= 15 is 0 Å². The Morgan fingerprint density at radius 3 is 2.55 bits per heavy atom. The Morgan fingerprint density at radius 2 is 2.00 bits per heavy atom. The molecule has 0 saturated heterocycles.